The summed E-state index contributed by atoms with van der Waals surface area (Å²) in [6, 6.07) is 0. The van der Waals surface area contributed by atoms with E-state index < -0.39 is 21.5 Å². The van der Waals surface area contributed by atoms with Gasteiger partial charge in [-0.15, -0.1) is 0 Å². The van der Waals surface area contributed by atoms with Gasteiger partial charge in [0.15, 0.2) is 0 Å². The molecule has 0 heterocycles. The molecule has 0 bridgehead atoms. The molecule has 0 saturated heterocycles. The molecule has 0 aromatic heterocycles. The molecule has 0 aliphatic heterocycles. The van der Waals surface area contributed by atoms with Gasteiger partial charge in [-0.3, -0.25) is 0 Å². The number of hydrogen-bond acceptors (Lipinski definition) is 0. The van der Waals surface area contributed by atoms with Crippen LogP contribution in [0.4, 0.5) is 35.1 Å². The van der Waals surface area contributed by atoms with Gasteiger partial charge in [0.25, 0.3) is 0 Å². The normalized spacial score (nSPS) is 19.3. The molecule has 0 spiro atoms. The summed E-state index contributed by atoms with van der Waals surface area (Å²) in [6.45, 7) is 0. The van der Waals surface area contributed by atoms with Crippen molar-refractivity contribution in [3.8, 4) is 0 Å². The monoisotopic (exact) mass is 358 g/mol. The van der Waals surface area contributed by atoms with Crippen LogP contribution in [0.2, 0.25) is 0 Å². The Kier molecular flexibility index (Phi) is 3.56. The first-order valence-corrected chi connectivity index (χ1v) is 4.23. The van der Waals surface area contributed by atoms with Gasteiger partial charge in [-0.25, -0.2) is 4.39 Å². The molecule has 0 amide bonds. The van der Waals surface area contributed by atoms with E-state index in [0.29, 0.717) is 0 Å². The van der Waals surface area contributed by atoms with Crippen molar-refractivity contribution >= 4 is 31.9 Å². The van der Waals surface area contributed by atoms with Gasteiger partial charge in [0.2, 0.25) is 0 Å². The number of alkyl halides is 10. The highest BCUT2D eigenvalue weighted by Gasteiger charge is 2.78. The standard InChI is InChI=1S/C4Br2F8/c5-1(7,3(6,10)11)2(8,9)4(12,13)14. The molecule has 1 unspecified atom stereocenters. The molecular formula is C4Br2F8. The van der Waals surface area contributed by atoms with Gasteiger partial charge >= 0.3 is 21.5 Å². The summed E-state index contributed by atoms with van der Waals surface area (Å²) in [7, 11) is 0. The summed E-state index contributed by atoms with van der Waals surface area (Å²) in [4.78, 5) is -5.07. The number of hydrogen-bond donors (Lipinski definition) is 0. The van der Waals surface area contributed by atoms with Gasteiger partial charge in [0, 0.05) is 0 Å². The van der Waals surface area contributed by atoms with Crippen LogP contribution in [0.15, 0.2) is 0 Å². The molecule has 0 N–H and O–H groups in total. The Bertz CT molecular complexity index is 188. The topological polar surface area (TPSA) is 0 Å². The molecule has 10 heteroatoms. The van der Waals surface area contributed by atoms with Crippen molar-refractivity contribution in [2.45, 2.75) is 21.5 Å². The summed E-state index contributed by atoms with van der Waals surface area (Å²) in [5.74, 6) is -6.23. The van der Waals surface area contributed by atoms with Crippen LogP contribution >= 0.6 is 31.9 Å². The lowest BCUT2D eigenvalue weighted by molar-refractivity contribution is -0.324. The van der Waals surface area contributed by atoms with Gasteiger partial charge in [0.1, 0.15) is 0 Å². The average molecular weight is 360 g/mol. The fourth-order valence-electron chi connectivity index (χ4n) is 0.356. The van der Waals surface area contributed by atoms with Crippen molar-refractivity contribution < 1.29 is 35.1 Å². The number of halogens is 10. The average Bonchev–Trinajstić information content (AvgIpc) is 1.81. The van der Waals surface area contributed by atoms with E-state index in [4.69, 9.17) is 0 Å². The van der Waals surface area contributed by atoms with Crippen molar-refractivity contribution in [1.29, 1.82) is 0 Å². The van der Waals surface area contributed by atoms with Gasteiger partial charge in [0.05, 0.1) is 0 Å². The third-order valence-electron chi connectivity index (χ3n) is 1.11. The zero-order valence-corrected chi connectivity index (χ0v) is 8.95. The molecule has 1 atom stereocenters. The Labute approximate surface area is 88.9 Å². The van der Waals surface area contributed by atoms with Gasteiger partial charge in [-0.2, -0.15) is 30.7 Å². The van der Waals surface area contributed by atoms with Gasteiger partial charge < -0.3 is 0 Å². The maximum absolute atomic E-state index is 12.5. The molecule has 0 aromatic carbocycles. The molecular weight excluding hydrogens is 360 g/mol. The largest absolute Gasteiger partial charge is 0.458 e. The molecule has 86 valence electrons. The zero-order valence-electron chi connectivity index (χ0n) is 5.78. The Morgan fingerprint density at radius 1 is 0.643 bits per heavy atom. The Balaban J connectivity index is 5.30. The number of rotatable bonds is 2. The summed E-state index contributed by atoms with van der Waals surface area (Å²) >= 11 is 2.12. The maximum atomic E-state index is 12.5. The van der Waals surface area contributed by atoms with E-state index in [1.54, 1.807) is 0 Å². The molecule has 0 aliphatic carbocycles. The third-order valence-corrected chi connectivity index (χ3v) is 3.18. The van der Waals surface area contributed by atoms with E-state index >= 15 is 0 Å². The van der Waals surface area contributed by atoms with Crippen LogP contribution in [0.3, 0.4) is 0 Å². The van der Waals surface area contributed by atoms with Crippen LogP contribution in [0.25, 0.3) is 0 Å². The molecule has 14 heavy (non-hydrogen) atoms. The lowest BCUT2D eigenvalue weighted by Gasteiger charge is -2.32. The summed E-state index contributed by atoms with van der Waals surface area (Å²) in [6.07, 6.45) is -6.43. The summed E-state index contributed by atoms with van der Waals surface area (Å²) in [5, 5.41) is 0. The predicted octanol–water partition coefficient (Wildman–Crippen LogP) is 4.23. The first-order chi connectivity index (χ1) is 5.75. The Morgan fingerprint density at radius 3 is 1.00 bits per heavy atom. The highest BCUT2D eigenvalue weighted by atomic mass is 79.9. The van der Waals surface area contributed by atoms with E-state index in [-0.39, 0.29) is 0 Å². The molecule has 0 nitrogen and oxygen atoms in total. The van der Waals surface area contributed by atoms with Crippen molar-refractivity contribution in [3.63, 3.8) is 0 Å². The van der Waals surface area contributed by atoms with E-state index in [2.05, 4.69) is 0 Å². The second kappa shape index (κ2) is 3.46. The highest BCUT2D eigenvalue weighted by molar-refractivity contribution is 9.12. The molecule has 0 fully saturated rings. The van der Waals surface area contributed by atoms with Crippen molar-refractivity contribution in [2.75, 3.05) is 0 Å². The van der Waals surface area contributed by atoms with E-state index in [0.717, 1.165) is 31.9 Å². The second-order valence-electron chi connectivity index (χ2n) is 2.14. The maximum Gasteiger partial charge on any atom is 0.458 e. The smallest absolute Gasteiger partial charge is 0.216 e. The van der Waals surface area contributed by atoms with Crippen molar-refractivity contribution in [2.24, 2.45) is 0 Å². The van der Waals surface area contributed by atoms with Crippen molar-refractivity contribution in [3.05, 3.63) is 0 Å². The van der Waals surface area contributed by atoms with Gasteiger partial charge in [-0.1, -0.05) is 0 Å². The zero-order chi connectivity index (χ0) is 12.0. The lowest BCUT2D eigenvalue weighted by atomic mass is 10.2. The highest BCUT2D eigenvalue weighted by Crippen LogP contribution is 2.57. The first-order valence-electron chi connectivity index (χ1n) is 2.64. The lowest BCUT2D eigenvalue weighted by Crippen LogP contribution is -2.57. The molecule has 0 saturated carbocycles. The van der Waals surface area contributed by atoms with Crippen LogP contribution < -0.4 is 0 Å². The summed E-state index contributed by atoms with van der Waals surface area (Å²) < 4.78 is 90.1. The SMILES string of the molecule is FC(F)(F)C(F)(F)C(F)(Br)C(F)(F)Br. The van der Waals surface area contributed by atoms with Gasteiger partial charge in [-0.05, 0) is 31.9 Å². The molecule has 0 radical (unpaired) electrons. The van der Waals surface area contributed by atoms with E-state index in [1.165, 1.54) is 0 Å². The minimum absolute atomic E-state index is 1.03. The Hall–Kier alpha value is 0.400. The first kappa shape index (κ1) is 14.4. The molecule has 0 rings (SSSR count). The second-order valence-corrected chi connectivity index (χ2v) is 4.23. The minimum Gasteiger partial charge on any atom is -0.216 e. The van der Waals surface area contributed by atoms with Crippen LogP contribution in [0.5, 0.6) is 0 Å². The minimum atomic E-state index is -6.43. The van der Waals surface area contributed by atoms with Crippen LogP contribution in [0.1, 0.15) is 0 Å². The predicted molar refractivity (Wildman–Crippen MR) is 37.6 cm³/mol. The molecule has 0 aliphatic rings. The van der Waals surface area contributed by atoms with E-state index in [1.807, 2.05) is 0 Å². The van der Waals surface area contributed by atoms with Crippen LogP contribution in [-0.4, -0.2) is 21.5 Å². The third kappa shape index (κ3) is 2.15. The fourth-order valence-corrected chi connectivity index (χ4v) is 0.830. The van der Waals surface area contributed by atoms with E-state index in [9.17, 15) is 35.1 Å². The Morgan fingerprint density at radius 2 is 0.929 bits per heavy atom. The van der Waals surface area contributed by atoms with Crippen LogP contribution in [-0.2, 0) is 0 Å². The summed E-state index contributed by atoms with van der Waals surface area (Å²) in [5.41, 5.74) is 0. The quantitative estimate of drug-likeness (QED) is 0.511. The molecule has 0 aromatic rings. The fraction of sp³-hybridized carbons (Fsp3) is 1.00. The van der Waals surface area contributed by atoms with Crippen molar-refractivity contribution in [1.82, 2.24) is 0 Å². The van der Waals surface area contributed by atoms with Crippen LogP contribution in [0, 0.1) is 0 Å².